The van der Waals surface area contributed by atoms with Crippen molar-refractivity contribution in [3.63, 3.8) is 0 Å². The number of aryl methyl sites for hydroxylation is 1. The zero-order valence-electron chi connectivity index (χ0n) is 13.5. The molecule has 126 valence electrons. The monoisotopic (exact) mass is 353 g/mol. The number of carbonyl (C=O) groups is 2. The summed E-state index contributed by atoms with van der Waals surface area (Å²) in [5, 5.41) is 4.66. The van der Waals surface area contributed by atoms with Gasteiger partial charge in [-0.1, -0.05) is 48.0 Å². The average molecular weight is 353 g/mol. The van der Waals surface area contributed by atoms with Gasteiger partial charge in [0.2, 0.25) is 5.78 Å². The highest BCUT2D eigenvalue weighted by Gasteiger charge is 2.23. The summed E-state index contributed by atoms with van der Waals surface area (Å²) in [6, 6.07) is 16.0. The third kappa shape index (κ3) is 4.00. The van der Waals surface area contributed by atoms with Gasteiger partial charge in [-0.3, -0.25) is 9.59 Å². The number of carbonyl (C=O) groups excluding carboxylic acids is 2. The summed E-state index contributed by atoms with van der Waals surface area (Å²) in [4.78, 5) is 25.7. The van der Waals surface area contributed by atoms with Crippen LogP contribution in [-0.4, -0.2) is 11.7 Å². The lowest BCUT2D eigenvalue weighted by atomic mass is 10.0. The molecule has 1 N–H and O–H groups in total. The number of nitrogens with one attached hydrogen (secondary N) is 1. The van der Waals surface area contributed by atoms with Crippen LogP contribution in [0.25, 0.3) is 0 Å². The Morgan fingerprint density at radius 3 is 2.28 bits per heavy atom. The van der Waals surface area contributed by atoms with Gasteiger partial charge in [-0.2, -0.15) is 0 Å². The van der Waals surface area contributed by atoms with E-state index in [1.807, 2.05) is 24.4 Å². The Bertz CT molecular complexity index is 871. The Morgan fingerprint density at radius 2 is 1.68 bits per heavy atom. The quantitative estimate of drug-likeness (QED) is 0.550. The topological polar surface area (TPSA) is 46.2 Å². The molecule has 0 bridgehead atoms. The van der Waals surface area contributed by atoms with Crippen LogP contribution >= 0.6 is 11.3 Å². The number of ketones is 1. The molecular formula is C20H16FNO2S. The Balaban J connectivity index is 1.85. The Morgan fingerprint density at radius 1 is 1.00 bits per heavy atom. The predicted molar refractivity (Wildman–Crippen MR) is 96.2 cm³/mol. The maximum Gasteiger partial charge on any atom is 0.293 e. The molecular weight excluding hydrogens is 337 g/mol. The summed E-state index contributed by atoms with van der Waals surface area (Å²) in [5.74, 6) is -1.63. The van der Waals surface area contributed by atoms with Gasteiger partial charge < -0.3 is 5.32 Å². The molecule has 2 aromatic carbocycles. The van der Waals surface area contributed by atoms with E-state index in [2.05, 4.69) is 5.32 Å². The van der Waals surface area contributed by atoms with Crippen LogP contribution in [0.15, 0.2) is 66.0 Å². The summed E-state index contributed by atoms with van der Waals surface area (Å²) in [7, 11) is 0. The van der Waals surface area contributed by atoms with Crippen LogP contribution in [0.3, 0.4) is 0 Å². The first kappa shape index (κ1) is 17.0. The van der Waals surface area contributed by atoms with Gasteiger partial charge in [-0.05, 0) is 36.1 Å². The van der Waals surface area contributed by atoms with Crippen LogP contribution < -0.4 is 5.32 Å². The number of benzene rings is 2. The molecule has 3 nitrogen and oxygen atoms in total. The highest BCUT2D eigenvalue weighted by Crippen LogP contribution is 2.26. The van der Waals surface area contributed by atoms with Crippen molar-refractivity contribution >= 4 is 23.0 Å². The largest absolute Gasteiger partial charge is 0.337 e. The summed E-state index contributed by atoms with van der Waals surface area (Å²) in [5.41, 5.74) is 2.07. The number of Topliss-reactive ketones (excluding diaryl/α,β-unsaturated/α-hetero) is 1. The van der Waals surface area contributed by atoms with E-state index in [1.54, 1.807) is 36.4 Å². The van der Waals surface area contributed by atoms with Crippen molar-refractivity contribution in [2.75, 3.05) is 0 Å². The SMILES string of the molecule is Cc1ccc(C(=O)C(=O)NC(c2ccc(F)cc2)c2cccs2)cc1. The Labute approximate surface area is 149 Å². The molecule has 1 aromatic heterocycles. The van der Waals surface area contributed by atoms with Gasteiger partial charge in [0.05, 0.1) is 6.04 Å². The third-order valence-corrected chi connectivity index (χ3v) is 4.76. The molecule has 0 saturated carbocycles. The molecule has 0 fully saturated rings. The molecule has 0 spiro atoms. The predicted octanol–water partition coefficient (Wildman–Crippen LogP) is 4.28. The molecule has 1 unspecified atom stereocenters. The van der Waals surface area contributed by atoms with E-state index in [1.165, 1.54) is 23.5 Å². The molecule has 5 heteroatoms. The van der Waals surface area contributed by atoms with Crippen LogP contribution in [0, 0.1) is 12.7 Å². The minimum Gasteiger partial charge on any atom is -0.337 e. The minimum absolute atomic E-state index is 0.340. The number of amides is 1. The van der Waals surface area contributed by atoms with Crippen molar-refractivity contribution in [2.45, 2.75) is 13.0 Å². The van der Waals surface area contributed by atoms with E-state index in [0.29, 0.717) is 11.1 Å². The maximum absolute atomic E-state index is 13.2. The van der Waals surface area contributed by atoms with E-state index >= 15 is 0 Å². The van der Waals surface area contributed by atoms with E-state index in [9.17, 15) is 14.0 Å². The summed E-state index contributed by atoms with van der Waals surface area (Å²) in [6.07, 6.45) is 0. The highest BCUT2D eigenvalue weighted by atomic mass is 32.1. The number of rotatable bonds is 5. The second kappa shape index (κ2) is 7.40. The molecule has 0 aliphatic rings. The van der Waals surface area contributed by atoms with E-state index in [4.69, 9.17) is 0 Å². The van der Waals surface area contributed by atoms with Crippen LogP contribution in [0.2, 0.25) is 0 Å². The molecule has 3 rings (SSSR count). The summed E-state index contributed by atoms with van der Waals surface area (Å²) in [6.45, 7) is 1.91. The van der Waals surface area contributed by atoms with Crippen molar-refractivity contribution in [1.82, 2.24) is 5.32 Å². The number of hydrogen-bond donors (Lipinski definition) is 1. The zero-order valence-corrected chi connectivity index (χ0v) is 14.3. The third-order valence-electron chi connectivity index (χ3n) is 3.83. The molecule has 3 aromatic rings. The van der Waals surface area contributed by atoms with Crippen LogP contribution in [0.1, 0.15) is 32.4 Å². The van der Waals surface area contributed by atoms with Gasteiger partial charge in [0, 0.05) is 10.4 Å². The summed E-state index contributed by atoms with van der Waals surface area (Å²) < 4.78 is 13.2. The molecule has 0 saturated heterocycles. The lowest BCUT2D eigenvalue weighted by Crippen LogP contribution is -2.34. The fraction of sp³-hybridized carbons (Fsp3) is 0.100. The molecule has 0 aliphatic heterocycles. The Kier molecular flexibility index (Phi) is 5.05. The molecule has 0 aliphatic carbocycles. The number of thiophene rings is 1. The maximum atomic E-state index is 13.2. The van der Waals surface area contributed by atoms with Crippen molar-refractivity contribution in [3.05, 3.63) is 93.4 Å². The molecule has 1 amide bonds. The van der Waals surface area contributed by atoms with Crippen molar-refractivity contribution in [1.29, 1.82) is 0 Å². The first-order chi connectivity index (χ1) is 12.0. The van der Waals surface area contributed by atoms with Gasteiger partial charge in [-0.25, -0.2) is 4.39 Å². The van der Waals surface area contributed by atoms with E-state index in [0.717, 1.165) is 10.4 Å². The fourth-order valence-electron chi connectivity index (χ4n) is 2.46. The van der Waals surface area contributed by atoms with Crippen LogP contribution in [0.5, 0.6) is 0 Å². The smallest absolute Gasteiger partial charge is 0.293 e. The average Bonchev–Trinajstić information content (AvgIpc) is 3.15. The summed E-state index contributed by atoms with van der Waals surface area (Å²) >= 11 is 1.46. The normalized spacial score (nSPS) is 11.8. The van der Waals surface area contributed by atoms with Crippen LogP contribution in [-0.2, 0) is 4.79 Å². The number of hydrogen-bond acceptors (Lipinski definition) is 3. The minimum atomic E-state index is -0.688. The molecule has 0 radical (unpaired) electrons. The molecule has 1 atom stereocenters. The molecule has 25 heavy (non-hydrogen) atoms. The van der Waals surface area contributed by atoms with Gasteiger partial charge >= 0.3 is 0 Å². The fourth-order valence-corrected chi connectivity index (χ4v) is 3.26. The lowest BCUT2D eigenvalue weighted by molar-refractivity contribution is -0.117. The van der Waals surface area contributed by atoms with Gasteiger partial charge in [0.1, 0.15) is 5.82 Å². The van der Waals surface area contributed by atoms with Crippen molar-refractivity contribution < 1.29 is 14.0 Å². The van der Waals surface area contributed by atoms with Gasteiger partial charge in [0.25, 0.3) is 5.91 Å². The second-order valence-corrected chi connectivity index (χ2v) is 6.65. The van der Waals surface area contributed by atoms with Gasteiger partial charge in [0.15, 0.2) is 0 Å². The zero-order chi connectivity index (χ0) is 17.8. The van der Waals surface area contributed by atoms with E-state index in [-0.39, 0.29) is 5.82 Å². The standard InChI is InChI=1S/C20H16FNO2S/c1-13-4-6-15(7-5-13)19(23)20(24)22-18(17-3-2-12-25-17)14-8-10-16(21)11-9-14/h2-12,18H,1H3,(H,22,24). The Hall–Kier alpha value is -2.79. The van der Waals surface area contributed by atoms with Crippen LogP contribution in [0.4, 0.5) is 4.39 Å². The lowest BCUT2D eigenvalue weighted by Gasteiger charge is -2.17. The van der Waals surface area contributed by atoms with Gasteiger partial charge in [-0.15, -0.1) is 11.3 Å². The van der Waals surface area contributed by atoms with Crippen molar-refractivity contribution in [3.8, 4) is 0 Å². The van der Waals surface area contributed by atoms with Crippen molar-refractivity contribution in [2.24, 2.45) is 0 Å². The highest BCUT2D eigenvalue weighted by molar-refractivity contribution is 7.10. The number of halogens is 1. The second-order valence-electron chi connectivity index (χ2n) is 5.67. The first-order valence-electron chi connectivity index (χ1n) is 7.75. The first-order valence-corrected chi connectivity index (χ1v) is 8.63. The van der Waals surface area contributed by atoms with E-state index < -0.39 is 17.7 Å². The molecule has 1 heterocycles.